The van der Waals surface area contributed by atoms with Gasteiger partial charge in [0.25, 0.3) is 0 Å². The first kappa shape index (κ1) is 7.39. The monoisotopic (exact) mass is 213 g/mol. The molecule has 0 spiro atoms. The third-order valence-corrected chi connectivity index (χ3v) is 1.74. The van der Waals surface area contributed by atoms with Crippen LogP contribution >= 0.6 is 22.6 Å². The fraction of sp³-hybridized carbons (Fsp3) is 0.500. The largest absolute Gasteiger partial charge is 0.185 e. The lowest BCUT2D eigenvalue weighted by molar-refractivity contribution is -0.302. The molecule has 0 amide bonds. The Morgan fingerprint density at radius 3 is 2.43 bits per heavy atom. The molecule has 1 radical (unpaired) electrons. The first-order chi connectivity index (χ1) is 3.18. The van der Waals surface area contributed by atoms with Crippen LogP contribution in [0.2, 0.25) is 0 Å². The van der Waals surface area contributed by atoms with Crippen molar-refractivity contribution in [2.75, 3.05) is 0 Å². The lowest BCUT2D eigenvalue weighted by Gasteiger charge is -1.98. The van der Waals surface area contributed by atoms with E-state index in [9.17, 15) is 5.26 Å². The maximum atomic E-state index is 9.50. The van der Waals surface area contributed by atoms with E-state index in [1.807, 2.05) is 22.6 Å². The second-order valence-electron chi connectivity index (χ2n) is 1.26. The summed E-state index contributed by atoms with van der Waals surface area (Å²) in [5.41, 5.74) is 0.746. The van der Waals surface area contributed by atoms with Crippen molar-refractivity contribution >= 4 is 22.6 Å². The lowest BCUT2D eigenvalue weighted by atomic mass is 10.4. The van der Waals surface area contributed by atoms with Crippen LogP contribution in [0.5, 0.6) is 0 Å². The van der Waals surface area contributed by atoms with Crippen molar-refractivity contribution in [2.24, 2.45) is 0 Å². The zero-order valence-electron chi connectivity index (χ0n) is 3.98. The topological polar surface area (TPSA) is 29.1 Å². The maximum absolute atomic E-state index is 9.50. The highest BCUT2D eigenvalue weighted by atomic mass is 127. The first-order valence-electron chi connectivity index (χ1n) is 1.76. The Balaban J connectivity index is 3.34. The van der Waals surface area contributed by atoms with Crippen LogP contribution in [-0.4, -0.2) is 4.11 Å². The van der Waals surface area contributed by atoms with E-state index < -0.39 is 0 Å². The van der Waals surface area contributed by atoms with Crippen LogP contribution in [0.1, 0.15) is 6.92 Å². The number of hydrogen-bond donors (Lipinski definition) is 0. The second-order valence-corrected chi connectivity index (χ2v) is 2.39. The zero-order valence-corrected chi connectivity index (χ0v) is 6.14. The van der Waals surface area contributed by atoms with Crippen LogP contribution in [0.4, 0.5) is 0 Å². The van der Waals surface area contributed by atoms with Gasteiger partial charge < -0.3 is 0 Å². The van der Waals surface area contributed by atoms with E-state index >= 15 is 0 Å². The standard InChI is InChI=1S/C4H6IO2/c1-3(2)4(5)7-6/h4H,1H2,2H3. The predicted molar refractivity (Wildman–Crippen MR) is 34.4 cm³/mol. The number of hydrogen-bond acceptors (Lipinski definition) is 1. The molecule has 0 bridgehead atoms. The van der Waals surface area contributed by atoms with E-state index in [1.54, 1.807) is 6.92 Å². The van der Waals surface area contributed by atoms with Crippen LogP contribution in [0.15, 0.2) is 12.2 Å². The molecule has 0 aliphatic carbocycles. The van der Waals surface area contributed by atoms with Crippen LogP contribution in [0, 0.1) is 0 Å². The molecule has 0 saturated carbocycles. The molecule has 0 N–H and O–H groups in total. The summed E-state index contributed by atoms with van der Waals surface area (Å²) in [6, 6.07) is 0. The summed E-state index contributed by atoms with van der Waals surface area (Å²) in [6.07, 6.45) is 0. The smallest absolute Gasteiger partial charge is 0.167 e. The molecular formula is C4H6IO2. The minimum absolute atomic E-state index is 0.377. The van der Waals surface area contributed by atoms with E-state index in [0.29, 0.717) is 0 Å². The molecule has 0 heterocycles. The fourth-order valence-corrected chi connectivity index (χ4v) is 0.0821. The molecule has 0 aromatic carbocycles. The van der Waals surface area contributed by atoms with E-state index in [1.165, 1.54) is 0 Å². The molecule has 0 fully saturated rings. The Kier molecular flexibility index (Phi) is 3.59. The zero-order chi connectivity index (χ0) is 5.86. The maximum Gasteiger partial charge on any atom is 0.167 e. The minimum atomic E-state index is -0.377. The van der Waals surface area contributed by atoms with Crippen LogP contribution < -0.4 is 0 Å². The highest BCUT2D eigenvalue weighted by Gasteiger charge is 2.01. The molecule has 2 nitrogen and oxygen atoms in total. The Hall–Kier alpha value is 0.390. The van der Waals surface area contributed by atoms with Gasteiger partial charge in [-0.15, -0.1) is 0 Å². The van der Waals surface area contributed by atoms with Crippen LogP contribution in [0.25, 0.3) is 0 Å². The van der Waals surface area contributed by atoms with E-state index in [0.717, 1.165) is 5.57 Å². The number of rotatable bonds is 2. The average Bonchev–Trinajstić information content (AvgIpc) is 1.65. The summed E-state index contributed by atoms with van der Waals surface area (Å²) in [6.45, 7) is 5.24. The Bertz CT molecular complexity index is 72.1. The summed E-state index contributed by atoms with van der Waals surface area (Å²) in [4.78, 5) is 3.65. The molecular weight excluding hydrogens is 207 g/mol. The van der Waals surface area contributed by atoms with Crippen LogP contribution in [-0.2, 0) is 10.1 Å². The summed E-state index contributed by atoms with van der Waals surface area (Å²) in [5.74, 6) is 0. The Morgan fingerprint density at radius 1 is 2.00 bits per heavy atom. The van der Waals surface area contributed by atoms with Crippen molar-refractivity contribution in [3.8, 4) is 0 Å². The van der Waals surface area contributed by atoms with Crippen molar-refractivity contribution in [1.82, 2.24) is 0 Å². The van der Waals surface area contributed by atoms with E-state index in [2.05, 4.69) is 11.5 Å². The molecule has 0 saturated heterocycles. The van der Waals surface area contributed by atoms with Gasteiger partial charge in [-0.3, -0.25) is 0 Å². The second kappa shape index (κ2) is 3.40. The molecule has 0 aromatic rings. The Labute approximate surface area is 56.2 Å². The van der Waals surface area contributed by atoms with Gasteiger partial charge in [-0.2, -0.15) is 4.89 Å². The highest BCUT2D eigenvalue weighted by molar-refractivity contribution is 14.1. The predicted octanol–water partition coefficient (Wildman–Crippen LogP) is 1.69. The molecule has 0 aliphatic rings. The van der Waals surface area contributed by atoms with Gasteiger partial charge in [-0.25, -0.2) is 0 Å². The molecule has 1 unspecified atom stereocenters. The van der Waals surface area contributed by atoms with Crippen molar-refractivity contribution < 1.29 is 10.1 Å². The number of alkyl halides is 1. The summed E-state index contributed by atoms with van der Waals surface area (Å²) >= 11 is 1.86. The normalized spacial score (nSPS) is 13.6. The third kappa shape index (κ3) is 3.02. The van der Waals surface area contributed by atoms with E-state index in [-0.39, 0.29) is 4.11 Å². The average molecular weight is 213 g/mol. The highest BCUT2D eigenvalue weighted by Crippen LogP contribution is 2.09. The minimum Gasteiger partial charge on any atom is -0.185 e. The van der Waals surface area contributed by atoms with Crippen molar-refractivity contribution in [2.45, 2.75) is 11.0 Å². The van der Waals surface area contributed by atoms with Gasteiger partial charge in [0, 0.05) is 0 Å². The number of halogens is 1. The molecule has 0 rings (SSSR count). The SMILES string of the molecule is C=C(C)C(I)O[O]. The molecule has 7 heavy (non-hydrogen) atoms. The molecule has 0 aromatic heterocycles. The quantitative estimate of drug-likeness (QED) is 0.225. The van der Waals surface area contributed by atoms with Gasteiger partial charge in [-0.05, 0) is 40.3 Å². The van der Waals surface area contributed by atoms with Gasteiger partial charge >= 0.3 is 0 Å². The molecule has 0 aliphatic heterocycles. The molecule has 3 heteroatoms. The van der Waals surface area contributed by atoms with Gasteiger partial charge in [0.1, 0.15) is 0 Å². The van der Waals surface area contributed by atoms with Gasteiger partial charge in [0.05, 0.1) is 0 Å². The molecule has 41 valence electrons. The summed E-state index contributed by atoms with van der Waals surface area (Å²) in [7, 11) is 0. The van der Waals surface area contributed by atoms with Gasteiger partial charge in [0.2, 0.25) is 0 Å². The lowest BCUT2D eigenvalue weighted by Crippen LogP contribution is -1.98. The summed E-state index contributed by atoms with van der Waals surface area (Å²) < 4.78 is -0.377. The van der Waals surface area contributed by atoms with Crippen molar-refractivity contribution in [1.29, 1.82) is 0 Å². The fourth-order valence-electron chi connectivity index (χ4n) is 0.0821. The van der Waals surface area contributed by atoms with Gasteiger partial charge in [0.15, 0.2) is 4.11 Å². The Morgan fingerprint density at radius 2 is 2.43 bits per heavy atom. The first-order valence-corrected chi connectivity index (χ1v) is 3.01. The van der Waals surface area contributed by atoms with Crippen molar-refractivity contribution in [3.63, 3.8) is 0 Å². The van der Waals surface area contributed by atoms with Gasteiger partial charge in [-0.1, -0.05) is 6.58 Å². The van der Waals surface area contributed by atoms with E-state index in [4.69, 9.17) is 0 Å². The van der Waals surface area contributed by atoms with Crippen LogP contribution in [0.3, 0.4) is 0 Å². The van der Waals surface area contributed by atoms with Crippen molar-refractivity contribution in [3.05, 3.63) is 12.2 Å². The molecule has 1 atom stereocenters. The third-order valence-electron chi connectivity index (χ3n) is 0.472. The summed E-state index contributed by atoms with van der Waals surface area (Å²) in [5, 5.41) is 9.50.